The van der Waals surface area contributed by atoms with Crippen molar-refractivity contribution < 1.29 is 14.3 Å². The number of nitrogens with one attached hydrogen (secondary N) is 2. The Morgan fingerprint density at radius 3 is 2.83 bits per heavy atom. The first-order valence-corrected chi connectivity index (χ1v) is 7.78. The number of para-hydroxylation sites is 1. The molecular formula is C16H21N5O3. The highest BCUT2D eigenvalue weighted by Crippen LogP contribution is 2.33. The van der Waals surface area contributed by atoms with Crippen molar-refractivity contribution in [1.82, 2.24) is 20.1 Å². The zero-order valence-electron chi connectivity index (χ0n) is 14.0. The van der Waals surface area contributed by atoms with E-state index in [4.69, 9.17) is 9.47 Å². The first kappa shape index (κ1) is 16.1. The Bertz CT molecular complexity index is 736. The van der Waals surface area contributed by atoms with Crippen LogP contribution in [-0.4, -0.2) is 34.0 Å². The third-order valence-electron chi connectivity index (χ3n) is 3.49. The quantitative estimate of drug-likeness (QED) is 0.899. The Morgan fingerprint density at radius 1 is 1.29 bits per heavy atom. The SMILES string of the molecule is CC(C)(C)n1cnc(NC(=O)NCc2cccc3c2OCCO3)n1. The molecule has 2 N–H and O–H groups in total. The molecule has 1 aliphatic heterocycles. The van der Waals surface area contributed by atoms with Crippen LogP contribution >= 0.6 is 0 Å². The monoisotopic (exact) mass is 331 g/mol. The van der Waals surface area contributed by atoms with Gasteiger partial charge in [-0.05, 0) is 26.8 Å². The molecule has 0 spiro atoms. The fraction of sp³-hybridized carbons (Fsp3) is 0.438. The predicted octanol–water partition coefficient (Wildman–Crippen LogP) is 2.13. The van der Waals surface area contributed by atoms with Crippen molar-refractivity contribution in [3.8, 4) is 11.5 Å². The van der Waals surface area contributed by atoms with E-state index in [1.807, 2.05) is 39.0 Å². The van der Waals surface area contributed by atoms with Crippen LogP contribution in [0.3, 0.4) is 0 Å². The van der Waals surface area contributed by atoms with E-state index in [1.165, 1.54) is 0 Å². The molecule has 8 nitrogen and oxygen atoms in total. The maximum atomic E-state index is 12.0. The molecule has 1 aromatic heterocycles. The summed E-state index contributed by atoms with van der Waals surface area (Å²) < 4.78 is 12.8. The number of anilines is 1. The lowest BCUT2D eigenvalue weighted by molar-refractivity contribution is 0.169. The zero-order chi connectivity index (χ0) is 17.2. The molecule has 0 unspecified atom stereocenters. The van der Waals surface area contributed by atoms with Gasteiger partial charge < -0.3 is 14.8 Å². The number of hydrogen-bond donors (Lipinski definition) is 2. The number of hydrogen-bond acceptors (Lipinski definition) is 5. The molecule has 0 bridgehead atoms. The van der Waals surface area contributed by atoms with Crippen LogP contribution in [0, 0.1) is 0 Å². The molecular weight excluding hydrogens is 310 g/mol. The summed E-state index contributed by atoms with van der Waals surface area (Å²) in [6.45, 7) is 7.37. The molecule has 2 amide bonds. The van der Waals surface area contributed by atoms with Crippen molar-refractivity contribution in [3.63, 3.8) is 0 Å². The highest BCUT2D eigenvalue weighted by atomic mass is 16.6. The van der Waals surface area contributed by atoms with Gasteiger partial charge in [0, 0.05) is 12.1 Å². The second kappa shape index (κ2) is 6.38. The van der Waals surface area contributed by atoms with Crippen molar-refractivity contribution in [1.29, 1.82) is 0 Å². The molecule has 2 aromatic rings. The highest BCUT2D eigenvalue weighted by Gasteiger charge is 2.17. The Labute approximate surface area is 140 Å². The van der Waals surface area contributed by atoms with Gasteiger partial charge >= 0.3 is 6.03 Å². The van der Waals surface area contributed by atoms with Gasteiger partial charge in [0.25, 0.3) is 0 Å². The molecule has 2 heterocycles. The van der Waals surface area contributed by atoms with E-state index < -0.39 is 0 Å². The molecule has 8 heteroatoms. The Morgan fingerprint density at radius 2 is 2.08 bits per heavy atom. The van der Waals surface area contributed by atoms with Crippen LogP contribution in [0.25, 0.3) is 0 Å². The lowest BCUT2D eigenvalue weighted by atomic mass is 10.1. The van der Waals surface area contributed by atoms with E-state index >= 15 is 0 Å². The van der Waals surface area contributed by atoms with E-state index in [9.17, 15) is 4.79 Å². The largest absolute Gasteiger partial charge is 0.486 e. The van der Waals surface area contributed by atoms with Crippen LogP contribution < -0.4 is 20.1 Å². The summed E-state index contributed by atoms with van der Waals surface area (Å²) in [5.74, 6) is 1.64. The second-order valence-corrected chi connectivity index (χ2v) is 6.43. The lowest BCUT2D eigenvalue weighted by Gasteiger charge is -2.21. The average molecular weight is 331 g/mol. The van der Waals surface area contributed by atoms with Gasteiger partial charge in [0.05, 0.1) is 5.54 Å². The highest BCUT2D eigenvalue weighted by molar-refractivity contribution is 5.87. The number of rotatable bonds is 3. The Hall–Kier alpha value is -2.77. The first-order chi connectivity index (χ1) is 11.4. The van der Waals surface area contributed by atoms with Gasteiger partial charge in [0.15, 0.2) is 11.5 Å². The molecule has 0 atom stereocenters. The summed E-state index contributed by atoms with van der Waals surface area (Å²) in [6, 6.07) is 5.23. The van der Waals surface area contributed by atoms with Crippen molar-refractivity contribution in [2.75, 3.05) is 18.5 Å². The molecule has 0 fully saturated rings. The summed E-state index contributed by atoms with van der Waals surface area (Å²) in [7, 11) is 0. The topological polar surface area (TPSA) is 90.3 Å². The number of amides is 2. The molecule has 128 valence electrons. The lowest BCUT2D eigenvalue weighted by Crippen LogP contribution is -2.29. The Balaban J connectivity index is 1.59. The zero-order valence-corrected chi connectivity index (χ0v) is 14.0. The molecule has 3 rings (SSSR count). The van der Waals surface area contributed by atoms with Crippen molar-refractivity contribution in [2.24, 2.45) is 0 Å². The second-order valence-electron chi connectivity index (χ2n) is 6.43. The van der Waals surface area contributed by atoms with Crippen LogP contribution in [0.2, 0.25) is 0 Å². The molecule has 1 aliphatic rings. The number of benzene rings is 1. The van der Waals surface area contributed by atoms with E-state index in [1.54, 1.807) is 11.0 Å². The summed E-state index contributed by atoms with van der Waals surface area (Å²) in [6.07, 6.45) is 1.59. The normalized spacial score (nSPS) is 13.5. The number of carbonyl (C=O) groups is 1. The van der Waals surface area contributed by atoms with Crippen LogP contribution in [0.4, 0.5) is 10.7 Å². The van der Waals surface area contributed by atoms with Crippen molar-refractivity contribution >= 4 is 12.0 Å². The van der Waals surface area contributed by atoms with E-state index in [2.05, 4.69) is 20.7 Å². The average Bonchev–Trinajstić information content (AvgIpc) is 3.01. The summed E-state index contributed by atoms with van der Waals surface area (Å²) in [5.41, 5.74) is 0.666. The van der Waals surface area contributed by atoms with Crippen molar-refractivity contribution in [2.45, 2.75) is 32.9 Å². The van der Waals surface area contributed by atoms with Gasteiger partial charge in [0.1, 0.15) is 19.5 Å². The maximum absolute atomic E-state index is 12.0. The molecule has 0 saturated heterocycles. The number of urea groups is 1. The summed E-state index contributed by atoms with van der Waals surface area (Å²) >= 11 is 0. The van der Waals surface area contributed by atoms with Crippen LogP contribution in [0.5, 0.6) is 11.5 Å². The minimum absolute atomic E-state index is 0.191. The number of nitrogens with zero attached hydrogens (tertiary/aromatic N) is 3. The smallest absolute Gasteiger partial charge is 0.321 e. The third-order valence-corrected chi connectivity index (χ3v) is 3.49. The predicted molar refractivity (Wildman–Crippen MR) is 88.3 cm³/mol. The van der Waals surface area contributed by atoms with Gasteiger partial charge in [0.2, 0.25) is 5.95 Å². The van der Waals surface area contributed by atoms with Gasteiger partial charge in [-0.15, -0.1) is 5.10 Å². The minimum Gasteiger partial charge on any atom is -0.486 e. The van der Waals surface area contributed by atoms with Gasteiger partial charge in [-0.25, -0.2) is 14.5 Å². The van der Waals surface area contributed by atoms with Crippen LogP contribution in [0.1, 0.15) is 26.3 Å². The summed E-state index contributed by atoms with van der Waals surface area (Å²) in [5, 5.41) is 9.63. The minimum atomic E-state index is -0.379. The number of ether oxygens (including phenoxy) is 2. The number of carbonyl (C=O) groups excluding carboxylic acids is 1. The number of fused-ring (bicyclic) bond motifs is 1. The molecule has 0 aliphatic carbocycles. The molecule has 1 aromatic carbocycles. The van der Waals surface area contributed by atoms with Crippen LogP contribution in [-0.2, 0) is 12.1 Å². The van der Waals surface area contributed by atoms with Crippen molar-refractivity contribution in [3.05, 3.63) is 30.1 Å². The van der Waals surface area contributed by atoms with Gasteiger partial charge in [-0.1, -0.05) is 12.1 Å². The standard InChI is InChI=1S/C16H21N5O3/c1-16(2,3)21-10-18-14(20-21)19-15(22)17-9-11-5-4-6-12-13(11)24-8-7-23-12/h4-6,10H,7-9H2,1-3H3,(H2,17,19,20,22). The molecule has 0 saturated carbocycles. The van der Waals surface area contributed by atoms with Gasteiger partial charge in [-0.3, -0.25) is 5.32 Å². The molecule has 0 radical (unpaired) electrons. The Kier molecular flexibility index (Phi) is 4.28. The summed E-state index contributed by atoms with van der Waals surface area (Å²) in [4.78, 5) is 16.1. The fourth-order valence-corrected chi connectivity index (χ4v) is 2.24. The molecule has 24 heavy (non-hydrogen) atoms. The van der Waals surface area contributed by atoms with E-state index in [0.717, 1.165) is 5.56 Å². The fourth-order valence-electron chi connectivity index (χ4n) is 2.24. The maximum Gasteiger partial charge on any atom is 0.321 e. The van der Waals surface area contributed by atoms with Gasteiger partial charge in [-0.2, -0.15) is 0 Å². The number of aromatic nitrogens is 3. The van der Waals surface area contributed by atoms with E-state index in [-0.39, 0.29) is 17.5 Å². The first-order valence-electron chi connectivity index (χ1n) is 7.78. The van der Waals surface area contributed by atoms with E-state index in [0.29, 0.717) is 31.3 Å². The third kappa shape index (κ3) is 3.58. The van der Waals surface area contributed by atoms with Crippen LogP contribution in [0.15, 0.2) is 24.5 Å².